The molecule has 2 aromatic carbocycles. The number of likely N-dealkylation sites (N-methyl/N-ethyl adjacent to an activating group) is 1. The van der Waals surface area contributed by atoms with Gasteiger partial charge in [-0.3, -0.25) is 4.79 Å². The molecule has 0 aliphatic rings. The van der Waals surface area contributed by atoms with Crippen LogP contribution < -0.4 is 5.73 Å². The zero-order valence-corrected chi connectivity index (χ0v) is 15.3. The lowest BCUT2D eigenvalue weighted by atomic mass is 10.2. The number of esters is 1. The number of anilines is 1. The Hall–Kier alpha value is -2.41. The molecule has 0 radical (unpaired) electrons. The first-order chi connectivity index (χ1) is 11.9. The quantitative estimate of drug-likeness (QED) is 0.587. The van der Waals surface area contributed by atoms with E-state index >= 15 is 0 Å². The van der Waals surface area contributed by atoms with Crippen LogP contribution in [0.5, 0.6) is 0 Å². The van der Waals surface area contributed by atoms with E-state index in [0.717, 1.165) is 0 Å². The van der Waals surface area contributed by atoms with Crippen LogP contribution in [0.25, 0.3) is 0 Å². The first kappa shape index (κ1) is 18.9. The number of nitrogens with two attached hydrogens (primary N) is 1. The summed E-state index contributed by atoms with van der Waals surface area (Å²) in [4.78, 5) is 25.8. The minimum atomic E-state index is -0.672. The van der Waals surface area contributed by atoms with Crippen LogP contribution in [0.4, 0.5) is 10.1 Å². The Morgan fingerprint density at radius 1 is 1.24 bits per heavy atom. The topological polar surface area (TPSA) is 72.6 Å². The maximum Gasteiger partial charge on any atom is 0.340 e. The molecular weight excluding hydrogens is 391 g/mol. The summed E-state index contributed by atoms with van der Waals surface area (Å²) in [7, 11) is 0. The number of carbonyl (C=O) groups is 2. The van der Waals surface area contributed by atoms with Crippen molar-refractivity contribution in [3.05, 3.63) is 63.9 Å². The molecule has 0 aliphatic heterocycles. The van der Waals surface area contributed by atoms with Crippen molar-refractivity contribution in [2.24, 2.45) is 0 Å². The molecule has 2 aromatic rings. The SMILES string of the molecule is CCN(Cc1cccc(F)c1)C(=O)COC(=O)c1cc(Br)ccc1N. The van der Waals surface area contributed by atoms with Crippen LogP contribution in [0.3, 0.4) is 0 Å². The third-order valence-corrected chi connectivity index (χ3v) is 4.05. The van der Waals surface area contributed by atoms with Gasteiger partial charge in [-0.2, -0.15) is 0 Å². The van der Waals surface area contributed by atoms with E-state index in [0.29, 0.717) is 16.6 Å². The summed E-state index contributed by atoms with van der Waals surface area (Å²) >= 11 is 3.25. The minimum absolute atomic E-state index is 0.190. The average Bonchev–Trinajstić information content (AvgIpc) is 2.59. The molecule has 0 saturated carbocycles. The third kappa shape index (κ3) is 5.29. The normalized spacial score (nSPS) is 10.4. The molecule has 5 nitrogen and oxygen atoms in total. The second-order valence-electron chi connectivity index (χ2n) is 5.35. The first-order valence-corrected chi connectivity index (χ1v) is 8.44. The summed E-state index contributed by atoms with van der Waals surface area (Å²) in [6, 6.07) is 10.8. The van der Waals surface area contributed by atoms with Gasteiger partial charge in [0.05, 0.1) is 5.56 Å². The highest BCUT2D eigenvalue weighted by molar-refractivity contribution is 9.10. The Kier molecular flexibility index (Phi) is 6.52. The van der Waals surface area contributed by atoms with Crippen LogP contribution in [-0.2, 0) is 16.1 Å². The predicted octanol–water partition coefficient (Wildman–Crippen LogP) is 3.38. The van der Waals surface area contributed by atoms with Crippen molar-refractivity contribution < 1.29 is 18.7 Å². The van der Waals surface area contributed by atoms with Gasteiger partial charge in [0.1, 0.15) is 5.82 Å². The van der Waals surface area contributed by atoms with Crippen LogP contribution in [0.15, 0.2) is 46.9 Å². The maximum absolute atomic E-state index is 13.2. The van der Waals surface area contributed by atoms with Crippen molar-refractivity contribution in [1.82, 2.24) is 4.90 Å². The van der Waals surface area contributed by atoms with E-state index in [4.69, 9.17) is 10.5 Å². The fraction of sp³-hybridized carbons (Fsp3) is 0.222. The summed E-state index contributed by atoms with van der Waals surface area (Å²) in [5, 5.41) is 0. The Bertz CT molecular complexity index is 783. The van der Waals surface area contributed by atoms with Gasteiger partial charge in [0.25, 0.3) is 5.91 Å². The summed E-state index contributed by atoms with van der Waals surface area (Å²) in [6.07, 6.45) is 0. The maximum atomic E-state index is 13.2. The molecule has 0 aromatic heterocycles. The van der Waals surface area contributed by atoms with Gasteiger partial charge >= 0.3 is 5.97 Å². The fourth-order valence-electron chi connectivity index (χ4n) is 2.23. The zero-order valence-electron chi connectivity index (χ0n) is 13.7. The lowest BCUT2D eigenvalue weighted by Gasteiger charge is -2.21. The largest absolute Gasteiger partial charge is 0.452 e. The van der Waals surface area contributed by atoms with Crippen LogP contribution in [0.1, 0.15) is 22.8 Å². The van der Waals surface area contributed by atoms with E-state index in [1.54, 1.807) is 31.2 Å². The standard InChI is InChI=1S/C18H18BrFN2O3/c1-2-22(10-12-4-3-5-14(20)8-12)17(23)11-25-18(24)15-9-13(19)6-7-16(15)21/h3-9H,2,10-11,21H2,1H3. The summed E-state index contributed by atoms with van der Waals surface area (Å²) in [5.74, 6) is -1.40. The van der Waals surface area contributed by atoms with Gasteiger partial charge in [0.15, 0.2) is 6.61 Å². The van der Waals surface area contributed by atoms with Crippen LogP contribution >= 0.6 is 15.9 Å². The highest BCUT2D eigenvalue weighted by Crippen LogP contribution is 2.19. The molecule has 0 fully saturated rings. The second kappa shape index (κ2) is 8.62. The van der Waals surface area contributed by atoms with Gasteiger partial charge in [0, 0.05) is 23.2 Å². The monoisotopic (exact) mass is 408 g/mol. The van der Waals surface area contributed by atoms with E-state index in [-0.39, 0.29) is 29.5 Å². The number of hydrogen-bond donors (Lipinski definition) is 1. The van der Waals surface area contributed by atoms with E-state index in [1.165, 1.54) is 23.1 Å². The molecule has 1 amide bonds. The highest BCUT2D eigenvalue weighted by Gasteiger charge is 2.17. The molecular formula is C18H18BrFN2O3. The van der Waals surface area contributed by atoms with Crippen LogP contribution in [0.2, 0.25) is 0 Å². The lowest BCUT2D eigenvalue weighted by Crippen LogP contribution is -2.34. The molecule has 2 N–H and O–H groups in total. The third-order valence-electron chi connectivity index (χ3n) is 3.56. The summed E-state index contributed by atoms with van der Waals surface area (Å²) in [5.41, 5.74) is 6.87. The number of halogens is 2. The van der Waals surface area contributed by atoms with E-state index < -0.39 is 12.6 Å². The van der Waals surface area contributed by atoms with E-state index in [2.05, 4.69) is 15.9 Å². The van der Waals surface area contributed by atoms with E-state index in [1.807, 2.05) is 0 Å². The van der Waals surface area contributed by atoms with Gasteiger partial charge in [-0.25, -0.2) is 9.18 Å². The average molecular weight is 409 g/mol. The van der Waals surface area contributed by atoms with Crippen molar-refractivity contribution in [2.75, 3.05) is 18.9 Å². The number of nitrogens with zero attached hydrogens (tertiary/aromatic N) is 1. The molecule has 0 aliphatic carbocycles. The number of nitrogen functional groups attached to an aromatic ring is 1. The van der Waals surface area contributed by atoms with Gasteiger partial charge in [-0.05, 0) is 42.8 Å². The second-order valence-corrected chi connectivity index (χ2v) is 6.26. The molecule has 132 valence electrons. The number of benzene rings is 2. The zero-order chi connectivity index (χ0) is 18.4. The number of ether oxygens (including phenoxy) is 1. The highest BCUT2D eigenvalue weighted by atomic mass is 79.9. The molecule has 0 spiro atoms. The summed E-state index contributed by atoms with van der Waals surface area (Å²) < 4.78 is 19.0. The minimum Gasteiger partial charge on any atom is -0.452 e. The number of hydrogen-bond acceptors (Lipinski definition) is 4. The molecule has 0 saturated heterocycles. The molecule has 0 heterocycles. The first-order valence-electron chi connectivity index (χ1n) is 7.65. The van der Waals surface area contributed by atoms with E-state index in [9.17, 15) is 14.0 Å². The number of amides is 1. The Morgan fingerprint density at radius 2 is 2.00 bits per heavy atom. The van der Waals surface area contributed by atoms with Gasteiger partial charge in [-0.1, -0.05) is 28.1 Å². The predicted molar refractivity (Wildman–Crippen MR) is 96.3 cm³/mol. The van der Waals surface area contributed by atoms with Crippen molar-refractivity contribution in [1.29, 1.82) is 0 Å². The Labute approximate surface area is 153 Å². The molecule has 0 atom stereocenters. The van der Waals surface area contributed by atoms with Gasteiger partial charge in [-0.15, -0.1) is 0 Å². The molecule has 0 unspecified atom stereocenters. The summed E-state index contributed by atoms with van der Waals surface area (Å²) in [6.45, 7) is 2.04. The van der Waals surface area contributed by atoms with Crippen molar-refractivity contribution in [2.45, 2.75) is 13.5 Å². The molecule has 0 bridgehead atoms. The van der Waals surface area contributed by atoms with Crippen molar-refractivity contribution >= 4 is 33.5 Å². The number of carbonyl (C=O) groups excluding carboxylic acids is 2. The number of rotatable bonds is 6. The van der Waals surface area contributed by atoms with Crippen LogP contribution in [-0.4, -0.2) is 29.9 Å². The molecule has 7 heteroatoms. The van der Waals surface area contributed by atoms with Gasteiger partial charge < -0.3 is 15.4 Å². The fourth-order valence-corrected chi connectivity index (χ4v) is 2.59. The smallest absolute Gasteiger partial charge is 0.340 e. The van der Waals surface area contributed by atoms with Gasteiger partial charge in [0.2, 0.25) is 0 Å². The van der Waals surface area contributed by atoms with Crippen molar-refractivity contribution in [3.63, 3.8) is 0 Å². The Morgan fingerprint density at radius 3 is 2.68 bits per heavy atom. The lowest BCUT2D eigenvalue weighted by molar-refractivity contribution is -0.134. The Balaban J connectivity index is 1.97. The van der Waals surface area contributed by atoms with Crippen molar-refractivity contribution in [3.8, 4) is 0 Å². The molecule has 25 heavy (non-hydrogen) atoms. The van der Waals surface area contributed by atoms with Crippen LogP contribution in [0, 0.1) is 5.82 Å². The molecule has 2 rings (SSSR count).